The Labute approximate surface area is 77.7 Å². The van der Waals surface area contributed by atoms with Gasteiger partial charge in [0.2, 0.25) is 11.8 Å². The Hall–Kier alpha value is -0.900. The van der Waals surface area contributed by atoms with Gasteiger partial charge in [0.1, 0.15) is 0 Å². The first kappa shape index (κ1) is 8.69. The van der Waals surface area contributed by atoms with E-state index in [1.807, 2.05) is 0 Å². The molecule has 1 fully saturated rings. The van der Waals surface area contributed by atoms with E-state index in [1.165, 1.54) is 0 Å². The summed E-state index contributed by atoms with van der Waals surface area (Å²) in [5, 5.41) is 11.4. The molecule has 0 radical (unpaired) electrons. The second-order valence-corrected chi connectivity index (χ2v) is 3.47. The molecule has 13 heavy (non-hydrogen) atoms. The fourth-order valence-corrected chi connectivity index (χ4v) is 1.61. The maximum atomic E-state index is 5.55. The Balaban J connectivity index is 2.03. The highest BCUT2D eigenvalue weighted by molar-refractivity contribution is 4.96. The van der Waals surface area contributed by atoms with Crippen LogP contribution in [-0.4, -0.2) is 23.3 Å². The number of hydrogen-bond acceptors (Lipinski definition) is 4. The highest BCUT2D eigenvalue weighted by atomic mass is 16.4. The van der Waals surface area contributed by atoms with Crippen LogP contribution in [0.2, 0.25) is 0 Å². The number of aryl methyl sites for hydroxylation is 1. The van der Waals surface area contributed by atoms with Crippen LogP contribution in [0.15, 0.2) is 4.42 Å². The largest absolute Gasteiger partial charge is 0.425 e. The summed E-state index contributed by atoms with van der Waals surface area (Å²) in [6.07, 6.45) is 3.07. The van der Waals surface area contributed by atoms with Crippen molar-refractivity contribution in [2.24, 2.45) is 0 Å². The summed E-state index contributed by atoms with van der Waals surface area (Å²) in [5.41, 5.74) is 0. The summed E-state index contributed by atoms with van der Waals surface area (Å²) < 4.78 is 5.55. The van der Waals surface area contributed by atoms with E-state index in [1.54, 1.807) is 0 Å². The third-order valence-electron chi connectivity index (χ3n) is 2.36. The molecule has 0 bridgehead atoms. The maximum Gasteiger partial charge on any atom is 0.220 e. The van der Waals surface area contributed by atoms with Crippen molar-refractivity contribution in [2.75, 3.05) is 13.1 Å². The standard InChI is InChI=1S/C9H15N3O/c1-2-3-8-11-12-9(13-8)7-4-5-10-6-7/h7,10H,2-6H2,1H3. The molecule has 0 aliphatic carbocycles. The molecule has 2 heterocycles. The van der Waals surface area contributed by atoms with Crippen molar-refractivity contribution in [2.45, 2.75) is 32.1 Å². The molecule has 1 atom stereocenters. The predicted octanol–water partition coefficient (Wildman–Crippen LogP) is 1.10. The zero-order chi connectivity index (χ0) is 9.10. The molecule has 1 saturated heterocycles. The molecule has 4 nitrogen and oxygen atoms in total. The van der Waals surface area contributed by atoms with E-state index in [0.29, 0.717) is 5.92 Å². The molecular formula is C9H15N3O. The molecule has 1 aliphatic rings. The molecule has 72 valence electrons. The molecule has 1 aromatic rings. The third-order valence-corrected chi connectivity index (χ3v) is 2.36. The number of aromatic nitrogens is 2. The molecule has 0 saturated carbocycles. The first-order valence-electron chi connectivity index (χ1n) is 4.93. The van der Waals surface area contributed by atoms with E-state index < -0.39 is 0 Å². The second-order valence-electron chi connectivity index (χ2n) is 3.47. The van der Waals surface area contributed by atoms with Gasteiger partial charge in [-0.2, -0.15) is 0 Å². The van der Waals surface area contributed by atoms with Crippen molar-refractivity contribution < 1.29 is 4.42 Å². The topological polar surface area (TPSA) is 51.0 Å². The molecule has 1 aliphatic heterocycles. The van der Waals surface area contributed by atoms with Crippen molar-refractivity contribution in [3.8, 4) is 0 Å². The summed E-state index contributed by atoms with van der Waals surface area (Å²) >= 11 is 0. The van der Waals surface area contributed by atoms with Gasteiger partial charge in [-0.3, -0.25) is 0 Å². The quantitative estimate of drug-likeness (QED) is 0.758. The summed E-state index contributed by atoms with van der Waals surface area (Å²) in [6, 6.07) is 0. The lowest BCUT2D eigenvalue weighted by Gasteiger charge is -1.99. The molecule has 2 rings (SSSR count). The Kier molecular flexibility index (Phi) is 2.59. The Morgan fingerprint density at radius 3 is 3.15 bits per heavy atom. The minimum absolute atomic E-state index is 0.443. The number of nitrogens with zero attached hydrogens (tertiary/aromatic N) is 2. The van der Waals surface area contributed by atoms with Gasteiger partial charge in [-0.05, 0) is 19.4 Å². The van der Waals surface area contributed by atoms with Gasteiger partial charge in [-0.15, -0.1) is 10.2 Å². The number of hydrogen-bond donors (Lipinski definition) is 1. The maximum absolute atomic E-state index is 5.55. The van der Waals surface area contributed by atoms with Crippen molar-refractivity contribution in [3.63, 3.8) is 0 Å². The van der Waals surface area contributed by atoms with E-state index in [-0.39, 0.29) is 0 Å². The first-order valence-corrected chi connectivity index (χ1v) is 4.93. The van der Waals surface area contributed by atoms with E-state index in [2.05, 4.69) is 22.4 Å². The highest BCUT2D eigenvalue weighted by Gasteiger charge is 2.21. The molecule has 1 unspecified atom stereocenters. The molecule has 0 spiro atoms. The number of nitrogens with one attached hydrogen (secondary N) is 1. The second kappa shape index (κ2) is 3.87. The van der Waals surface area contributed by atoms with Crippen LogP contribution in [-0.2, 0) is 6.42 Å². The minimum atomic E-state index is 0.443. The summed E-state index contributed by atoms with van der Waals surface area (Å²) in [6.45, 7) is 4.16. The summed E-state index contributed by atoms with van der Waals surface area (Å²) in [4.78, 5) is 0. The monoisotopic (exact) mass is 181 g/mol. The van der Waals surface area contributed by atoms with Crippen LogP contribution in [0.25, 0.3) is 0 Å². The zero-order valence-corrected chi connectivity index (χ0v) is 7.92. The van der Waals surface area contributed by atoms with Crippen LogP contribution in [0.5, 0.6) is 0 Å². The van der Waals surface area contributed by atoms with Gasteiger partial charge in [0.05, 0.1) is 5.92 Å². The Morgan fingerprint density at radius 2 is 2.46 bits per heavy atom. The van der Waals surface area contributed by atoms with Gasteiger partial charge in [0.25, 0.3) is 0 Å². The van der Waals surface area contributed by atoms with Gasteiger partial charge in [0.15, 0.2) is 0 Å². The van der Waals surface area contributed by atoms with Crippen molar-refractivity contribution in [1.82, 2.24) is 15.5 Å². The van der Waals surface area contributed by atoms with E-state index in [0.717, 1.165) is 44.1 Å². The molecule has 0 aromatic carbocycles. The third kappa shape index (κ3) is 1.88. The number of rotatable bonds is 3. The van der Waals surface area contributed by atoms with Crippen LogP contribution >= 0.6 is 0 Å². The zero-order valence-electron chi connectivity index (χ0n) is 7.92. The van der Waals surface area contributed by atoms with Crippen LogP contribution in [0.1, 0.15) is 37.5 Å². The summed E-state index contributed by atoms with van der Waals surface area (Å²) in [5.74, 6) is 2.04. The summed E-state index contributed by atoms with van der Waals surface area (Å²) in [7, 11) is 0. The van der Waals surface area contributed by atoms with Crippen molar-refractivity contribution in [1.29, 1.82) is 0 Å². The smallest absolute Gasteiger partial charge is 0.220 e. The van der Waals surface area contributed by atoms with Gasteiger partial charge in [-0.1, -0.05) is 6.92 Å². The first-order chi connectivity index (χ1) is 6.40. The fourth-order valence-electron chi connectivity index (χ4n) is 1.61. The van der Waals surface area contributed by atoms with E-state index in [9.17, 15) is 0 Å². The van der Waals surface area contributed by atoms with Crippen molar-refractivity contribution >= 4 is 0 Å². The van der Waals surface area contributed by atoms with Gasteiger partial charge in [-0.25, -0.2) is 0 Å². The molecule has 1 aromatic heterocycles. The molecule has 0 amide bonds. The van der Waals surface area contributed by atoms with Crippen LogP contribution < -0.4 is 5.32 Å². The molecule has 4 heteroatoms. The SMILES string of the molecule is CCCc1nnc(C2CCNC2)o1. The van der Waals surface area contributed by atoms with E-state index >= 15 is 0 Å². The van der Waals surface area contributed by atoms with Gasteiger partial charge < -0.3 is 9.73 Å². The highest BCUT2D eigenvalue weighted by Crippen LogP contribution is 2.20. The average molecular weight is 181 g/mol. The Bertz CT molecular complexity index is 266. The minimum Gasteiger partial charge on any atom is -0.425 e. The van der Waals surface area contributed by atoms with Gasteiger partial charge >= 0.3 is 0 Å². The van der Waals surface area contributed by atoms with E-state index in [4.69, 9.17) is 4.42 Å². The lowest BCUT2D eigenvalue weighted by atomic mass is 10.1. The normalized spacial score (nSPS) is 22.4. The molecular weight excluding hydrogens is 166 g/mol. The van der Waals surface area contributed by atoms with Crippen LogP contribution in [0.3, 0.4) is 0 Å². The van der Waals surface area contributed by atoms with Gasteiger partial charge in [0, 0.05) is 13.0 Å². The average Bonchev–Trinajstić information content (AvgIpc) is 2.70. The van der Waals surface area contributed by atoms with Crippen LogP contribution in [0, 0.1) is 0 Å². The van der Waals surface area contributed by atoms with Crippen LogP contribution in [0.4, 0.5) is 0 Å². The Morgan fingerprint density at radius 1 is 1.54 bits per heavy atom. The lowest BCUT2D eigenvalue weighted by molar-refractivity contribution is 0.421. The molecule has 1 N–H and O–H groups in total. The predicted molar refractivity (Wildman–Crippen MR) is 48.5 cm³/mol. The van der Waals surface area contributed by atoms with Crippen molar-refractivity contribution in [3.05, 3.63) is 11.8 Å². The lowest BCUT2D eigenvalue weighted by Crippen LogP contribution is -2.08. The fraction of sp³-hybridized carbons (Fsp3) is 0.778.